The number of anilines is 1. The molecule has 0 saturated heterocycles. The molecule has 0 atom stereocenters. The predicted octanol–water partition coefficient (Wildman–Crippen LogP) is 3.25. The van der Waals surface area contributed by atoms with E-state index in [1.807, 2.05) is 20.8 Å². The van der Waals surface area contributed by atoms with Crippen molar-refractivity contribution in [3.63, 3.8) is 0 Å². The summed E-state index contributed by atoms with van der Waals surface area (Å²) in [5.41, 5.74) is 0.572. The smallest absolute Gasteiger partial charge is 0.257 e. The number of rotatable bonds is 2. The Bertz CT molecular complexity index is 666. The van der Waals surface area contributed by atoms with Crippen LogP contribution in [0.1, 0.15) is 36.8 Å². The number of nitrogens with one attached hydrogen (secondary N) is 1. The van der Waals surface area contributed by atoms with Gasteiger partial charge in [0.25, 0.3) is 5.91 Å². The van der Waals surface area contributed by atoms with Crippen molar-refractivity contribution in [2.45, 2.75) is 26.2 Å². The first-order valence-corrected chi connectivity index (χ1v) is 6.49. The van der Waals surface area contributed by atoms with Gasteiger partial charge in [-0.3, -0.25) is 9.48 Å². The monoisotopic (exact) mass is 293 g/mol. The van der Waals surface area contributed by atoms with Gasteiger partial charge >= 0.3 is 0 Å². The van der Waals surface area contributed by atoms with Crippen LogP contribution in [0.2, 0.25) is 0 Å². The van der Waals surface area contributed by atoms with Crippen LogP contribution in [-0.4, -0.2) is 15.7 Å². The molecule has 1 aromatic carbocycles. The van der Waals surface area contributed by atoms with E-state index in [0.717, 1.165) is 23.9 Å². The maximum absolute atomic E-state index is 13.1. The molecule has 1 aromatic heterocycles. The molecule has 0 unspecified atom stereocenters. The fraction of sp³-hybridized carbons (Fsp3) is 0.333. The summed E-state index contributed by atoms with van der Waals surface area (Å²) in [5, 5.41) is 6.92. The molecule has 0 aliphatic carbocycles. The lowest BCUT2D eigenvalue weighted by Gasteiger charge is -2.13. The molecule has 0 bridgehead atoms. The van der Waals surface area contributed by atoms with Crippen LogP contribution in [0.15, 0.2) is 24.3 Å². The average Bonchev–Trinajstić information content (AvgIpc) is 2.69. The van der Waals surface area contributed by atoms with E-state index in [9.17, 15) is 13.6 Å². The van der Waals surface area contributed by atoms with Crippen LogP contribution in [0, 0.1) is 11.6 Å². The number of halogens is 2. The zero-order chi connectivity index (χ0) is 15.8. The van der Waals surface area contributed by atoms with Crippen molar-refractivity contribution in [2.24, 2.45) is 7.05 Å². The van der Waals surface area contributed by atoms with Gasteiger partial charge < -0.3 is 5.32 Å². The SMILES string of the molecule is Cn1nc(C(C)(C)C)cc1NC(=O)c1cc(F)cc(F)c1. The van der Waals surface area contributed by atoms with Gasteiger partial charge in [-0.1, -0.05) is 20.8 Å². The molecule has 2 rings (SSSR count). The van der Waals surface area contributed by atoms with Crippen molar-refractivity contribution in [3.05, 3.63) is 47.2 Å². The predicted molar refractivity (Wildman–Crippen MR) is 76.2 cm³/mol. The standard InChI is InChI=1S/C15H17F2N3O/c1-15(2,3)12-8-13(20(4)19-12)18-14(21)9-5-10(16)7-11(17)6-9/h5-8H,1-4H3,(H,18,21). The lowest BCUT2D eigenvalue weighted by atomic mass is 9.92. The highest BCUT2D eigenvalue weighted by Gasteiger charge is 2.20. The van der Waals surface area contributed by atoms with Crippen molar-refractivity contribution in [3.8, 4) is 0 Å². The summed E-state index contributed by atoms with van der Waals surface area (Å²) in [6.45, 7) is 6.01. The first-order valence-electron chi connectivity index (χ1n) is 6.49. The van der Waals surface area contributed by atoms with E-state index in [0.29, 0.717) is 5.82 Å². The van der Waals surface area contributed by atoms with Crippen molar-refractivity contribution in [1.82, 2.24) is 9.78 Å². The van der Waals surface area contributed by atoms with E-state index in [-0.39, 0.29) is 11.0 Å². The summed E-state index contributed by atoms with van der Waals surface area (Å²) in [6, 6.07) is 4.44. The highest BCUT2D eigenvalue weighted by atomic mass is 19.1. The van der Waals surface area contributed by atoms with E-state index in [4.69, 9.17) is 0 Å². The molecule has 4 nitrogen and oxygen atoms in total. The van der Waals surface area contributed by atoms with Crippen LogP contribution in [-0.2, 0) is 12.5 Å². The topological polar surface area (TPSA) is 46.9 Å². The lowest BCUT2D eigenvalue weighted by molar-refractivity contribution is 0.102. The van der Waals surface area contributed by atoms with Crippen LogP contribution < -0.4 is 5.32 Å². The maximum atomic E-state index is 13.1. The molecular weight excluding hydrogens is 276 g/mol. The minimum atomic E-state index is -0.791. The Hall–Kier alpha value is -2.24. The lowest BCUT2D eigenvalue weighted by Crippen LogP contribution is -2.15. The Morgan fingerprint density at radius 2 is 1.71 bits per heavy atom. The van der Waals surface area contributed by atoms with E-state index < -0.39 is 17.5 Å². The Morgan fingerprint density at radius 1 is 1.14 bits per heavy atom. The second kappa shape index (κ2) is 5.27. The first kappa shape index (κ1) is 15.2. The van der Waals surface area contributed by atoms with Crippen LogP contribution in [0.5, 0.6) is 0 Å². The summed E-state index contributed by atoms with van der Waals surface area (Å²) < 4.78 is 27.8. The summed E-state index contributed by atoms with van der Waals surface area (Å²) in [4.78, 5) is 12.0. The van der Waals surface area contributed by atoms with Crippen LogP contribution in [0.4, 0.5) is 14.6 Å². The molecule has 1 amide bonds. The van der Waals surface area contributed by atoms with Crippen LogP contribution in [0.3, 0.4) is 0 Å². The number of aryl methyl sites for hydroxylation is 1. The molecule has 21 heavy (non-hydrogen) atoms. The Morgan fingerprint density at radius 3 is 2.19 bits per heavy atom. The number of carbonyl (C=O) groups excluding carboxylic acids is 1. The van der Waals surface area contributed by atoms with Gasteiger partial charge in [0.2, 0.25) is 0 Å². The molecule has 2 aromatic rings. The molecule has 0 spiro atoms. The summed E-state index contributed by atoms with van der Waals surface area (Å²) in [5.74, 6) is -1.70. The number of amides is 1. The van der Waals surface area contributed by atoms with Gasteiger partial charge in [-0.15, -0.1) is 0 Å². The number of nitrogens with zero attached hydrogens (tertiary/aromatic N) is 2. The fourth-order valence-electron chi connectivity index (χ4n) is 1.82. The number of aromatic nitrogens is 2. The number of hydrogen-bond acceptors (Lipinski definition) is 2. The van der Waals surface area contributed by atoms with Crippen molar-refractivity contribution >= 4 is 11.7 Å². The average molecular weight is 293 g/mol. The van der Waals surface area contributed by atoms with Gasteiger partial charge in [-0.2, -0.15) is 5.10 Å². The highest BCUT2D eigenvalue weighted by molar-refractivity contribution is 6.03. The second-order valence-corrected chi connectivity index (χ2v) is 5.90. The van der Waals surface area contributed by atoms with E-state index in [1.165, 1.54) is 4.68 Å². The molecule has 0 saturated carbocycles. The Balaban J connectivity index is 2.26. The maximum Gasteiger partial charge on any atom is 0.257 e. The van der Waals surface area contributed by atoms with E-state index in [2.05, 4.69) is 10.4 Å². The van der Waals surface area contributed by atoms with Gasteiger partial charge in [0.1, 0.15) is 17.5 Å². The number of carbonyl (C=O) groups is 1. The molecule has 1 heterocycles. The molecule has 0 radical (unpaired) electrons. The number of benzene rings is 1. The van der Waals surface area contributed by atoms with Crippen molar-refractivity contribution < 1.29 is 13.6 Å². The first-order chi connectivity index (χ1) is 9.66. The quantitative estimate of drug-likeness (QED) is 0.924. The molecule has 1 N–H and O–H groups in total. The zero-order valence-corrected chi connectivity index (χ0v) is 12.4. The highest BCUT2D eigenvalue weighted by Crippen LogP contribution is 2.23. The third-order valence-corrected chi connectivity index (χ3v) is 3.01. The second-order valence-electron chi connectivity index (χ2n) is 5.90. The molecule has 6 heteroatoms. The minimum absolute atomic E-state index is 0.0778. The molecule has 0 fully saturated rings. The van der Waals surface area contributed by atoms with Crippen LogP contribution in [0.25, 0.3) is 0 Å². The molecule has 0 aliphatic rings. The third kappa shape index (κ3) is 3.45. The van der Waals surface area contributed by atoms with Crippen molar-refractivity contribution in [2.75, 3.05) is 5.32 Å². The van der Waals surface area contributed by atoms with Gasteiger partial charge in [0.15, 0.2) is 0 Å². The third-order valence-electron chi connectivity index (χ3n) is 3.01. The van der Waals surface area contributed by atoms with E-state index in [1.54, 1.807) is 13.1 Å². The van der Waals surface area contributed by atoms with Crippen LogP contribution >= 0.6 is 0 Å². The minimum Gasteiger partial charge on any atom is -0.307 e. The summed E-state index contributed by atoms with van der Waals surface area (Å²) in [7, 11) is 1.69. The van der Waals surface area contributed by atoms with Crippen molar-refractivity contribution in [1.29, 1.82) is 0 Å². The number of hydrogen-bond donors (Lipinski definition) is 1. The molecule has 112 valence electrons. The normalized spacial score (nSPS) is 11.5. The molecular formula is C15H17F2N3O. The largest absolute Gasteiger partial charge is 0.307 e. The van der Waals surface area contributed by atoms with Gasteiger partial charge in [-0.05, 0) is 12.1 Å². The zero-order valence-electron chi connectivity index (χ0n) is 12.4. The Labute approximate surface area is 121 Å². The summed E-state index contributed by atoms with van der Waals surface area (Å²) in [6.07, 6.45) is 0. The van der Waals surface area contributed by atoms with Gasteiger partial charge in [0.05, 0.1) is 5.69 Å². The fourth-order valence-corrected chi connectivity index (χ4v) is 1.82. The van der Waals surface area contributed by atoms with Gasteiger partial charge in [0, 0.05) is 30.2 Å². The Kier molecular flexibility index (Phi) is 3.80. The van der Waals surface area contributed by atoms with Gasteiger partial charge in [-0.25, -0.2) is 8.78 Å². The molecule has 0 aliphatic heterocycles. The van der Waals surface area contributed by atoms with E-state index >= 15 is 0 Å². The summed E-state index contributed by atoms with van der Waals surface area (Å²) >= 11 is 0.